The normalized spacial score (nSPS) is 10.9. The zero-order valence-corrected chi connectivity index (χ0v) is 10.4. The first kappa shape index (κ1) is 11.6. The first-order valence-corrected chi connectivity index (χ1v) is 5.46. The van der Waals surface area contributed by atoms with Gasteiger partial charge in [-0.3, -0.25) is 4.98 Å². The zero-order chi connectivity index (χ0) is 12.4. The Bertz CT molecular complexity index is 520. The van der Waals surface area contributed by atoms with Crippen molar-refractivity contribution in [1.82, 2.24) is 15.1 Å². The van der Waals surface area contributed by atoms with Gasteiger partial charge in [-0.1, -0.05) is 19.0 Å². The maximum absolute atomic E-state index is 5.21. The molecule has 0 aliphatic rings. The molecule has 5 heteroatoms. The highest BCUT2D eigenvalue weighted by atomic mass is 16.5. The molecule has 90 valence electrons. The standard InChI is InChI=1S/C12H15N3O2/c1-7(2)11-14-12(17-15-11)9-5-10(16-4)8(3)13-6-9/h5-7H,1-4H3. The Morgan fingerprint density at radius 3 is 2.71 bits per heavy atom. The van der Waals surface area contributed by atoms with Gasteiger partial charge in [0, 0.05) is 12.1 Å². The van der Waals surface area contributed by atoms with Gasteiger partial charge >= 0.3 is 0 Å². The van der Waals surface area contributed by atoms with Crippen LogP contribution < -0.4 is 4.74 Å². The van der Waals surface area contributed by atoms with E-state index in [0.29, 0.717) is 17.5 Å². The average molecular weight is 233 g/mol. The predicted octanol–water partition coefficient (Wildman–Crippen LogP) is 2.57. The highest BCUT2D eigenvalue weighted by molar-refractivity contribution is 5.54. The topological polar surface area (TPSA) is 61.0 Å². The second-order valence-electron chi connectivity index (χ2n) is 4.12. The molecule has 0 aromatic carbocycles. The van der Waals surface area contributed by atoms with Crippen molar-refractivity contribution in [3.8, 4) is 17.2 Å². The third kappa shape index (κ3) is 2.27. The summed E-state index contributed by atoms with van der Waals surface area (Å²) < 4.78 is 10.4. The van der Waals surface area contributed by atoms with Gasteiger partial charge in [0.05, 0.1) is 18.4 Å². The summed E-state index contributed by atoms with van der Waals surface area (Å²) in [5, 5.41) is 3.92. The number of aromatic nitrogens is 3. The number of hydrogen-bond acceptors (Lipinski definition) is 5. The van der Waals surface area contributed by atoms with Gasteiger partial charge in [0.25, 0.3) is 5.89 Å². The van der Waals surface area contributed by atoms with E-state index in [1.807, 2.05) is 26.8 Å². The van der Waals surface area contributed by atoms with Crippen LogP contribution in [0.1, 0.15) is 31.3 Å². The van der Waals surface area contributed by atoms with E-state index in [2.05, 4.69) is 15.1 Å². The van der Waals surface area contributed by atoms with Crippen molar-refractivity contribution in [2.24, 2.45) is 0 Å². The summed E-state index contributed by atoms with van der Waals surface area (Å²) in [6.07, 6.45) is 1.70. The number of pyridine rings is 1. The molecule has 0 bridgehead atoms. The smallest absolute Gasteiger partial charge is 0.259 e. The third-order valence-electron chi connectivity index (χ3n) is 2.47. The second-order valence-corrected chi connectivity index (χ2v) is 4.12. The van der Waals surface area contributed by atoms with Gasteiger partial charge in [-0.05, 0) is 13.0 Å². The molecule has 5 nitrogen and oxygen atoms in total. The molecule has 17 heavy (non-hydrogen) atoms. The van der Waals surface area contributed by atoms with Gasteiger partial charge in [0.1, 0.15) is 5.75 Å². The van der Waals surface area contributed by atoms with Crippen molar-refractivity contribution in [3.05, 3.63) is 23.8 Å². The third-order valence-corrected chi connectivity index (χ3v) is 2.47. The van der Waals surface area contributed by atoms with Crippen molar-refractivity contribution < 1.29 is 9.26 Å². The number of hydrogen-bond donors (Lipinski definition) is 0. The van der Waals surface area contributed by atoms with Gasteiger partial charge in [-0.25, -0.2) is 0 Å². The molecule has 0 saturated heterocycles. The molecule has 0 saturated carbocycles. The van der Waals surface area contributed by atoms with Crippen LogP contribution >= 0.6 is 0 Å². The number of aryl methyl sites for hydroxylation is 1. The molecular weight excluding hydrogens is 218 g/mol. The van der Waals surface area contributed by atoms with Crippen molar-refractivity contribution >= 4 is 0 Å². The molecule has 0 aliphatic carbocycles. The molecule has 0 unspecified atom stereocenters. The van der Waals surface area contributed by atoms with E-state index in [1.54, 1.807) is 13.3 Å². The molecule has 2 rings (SSSR count). The lowest BCUT2D eigenvalue weighted by Gasteiger charge is -2.03. The summed E-state index contributed by atoms with van der Waals surface area (Å²) in [5.41, 5.74) is 1.60. The van der Waals surface area contributed by atoms with Crippen LogP contribution in [0.15, 0.2) is 16.8 Å². The van der Waals surface area contributed by atoms with Crippen LogP contribution in [0.3, 0.4) is 0 Å². The van der Waals surface area contributed by atoms with Gasteiger partial charge in [0.2, 0.25) is 0 Å². The molecular formula is C12H15N3O2. The van der Waals surface area contributed by atoms with Crippen LogP contribution in [-0.4, -0.2) is 22.2 Å². The molecule has 2 aromatic heterocycles. The van der Waals surface area contributed by atoms with Crippen molar-refractivity contribution in [2.45, 2.75) is 26.7 Å². The minimum Gasteiger partial charge on any atom is -0.495 e. The van der Waals surface area contributed by atoms with Crippen LogP contribution in [0, 0.1) is 6.92 Å². The minimum atomic E-state index is 0.243. The van der Waals surface area contributed by atoms with Crippen LogP contribution in [0.4, 0.5) is 0 Å². The maximum atomic E-state index is 5.21. The Morgan fingerprint density at radius 2 is 2.12 bits per heavy atom. The van der Waals surface area contributed by atoms with Crippen LogP contribution in [0.2, 0.25) is 0 Å². The Morgan fingerprint density at radius 1 is 1.35 bits per heavy atom. The van der Waals surface area contributed by atoms with Crippen molar-refractivity contribution in [3.63, 3.8) is 0 Å². The quantitative estimate of drug-likeness (QED) is 0.815. The lowest BCUT2D eigenvalue weighted by atomic mass is 10.2. The highest BCUT2D eigenvalue weighted by Gasteiger charge is 2.13. The predicted molar refractivity (Wildman–Crippen MR) is 62.9 cm³/mol. The second kappa shape index (κ2) is 4.53. The summed E-state index contributed by atoms with van der Waals surface area (Å²) in [6.45, 7) is 5.92. The lowest BCUT2D eigenvalue weighted by Crippen LogP contribution is -1.92. The fraction of sp³-hybridized carbons (Fsp3) is 0.417. The molecule has 0 atom stereocenters. The van der Waals surface area contributed by atoms with E-state index in [-0.39, 0.29) is 5.92 Å². The maximum Gasteiger partial charge on any atom is 0.259 e. The molecule has 2 aromatic rings. The van der Waals surface area contributed by atoms with E-state index < -0.39 is 0 Å². The molecule has 0 fully saturated rings. The first-order valence-electron chi connectivity index (χ1n) is 5.46. The van der Waals surface area contributed by atoms with Crippen LogP contribution in [0.5, 0.6) is 5.75 Å². The Hall–Kier alpha value is -1.91. The van der Waals surface area contributed by atoms with E-state index in [1.165, 1.54) is 0 Å². The van der Waals surface area contributed by atoms with Gasteiger partial charge in [0.15, 0.2) is 5.82 Å². The Labute approximate surface area is 99.8 Å². The average Bonchev–Trinajstić information content (AvgIpc) is 2.79. The van der Waals surface area contributed by atoms with E-state index >= 15 is 0 Å². The van der Waals surface area contributed by atoms with Crippen LogP contribution in [-0.2, 0) is 0 Å². The minimum absolute atomic E-state index is 0.243. The number of methoxy groups -OCH3 is 1. The van der Waals surface area contributed by atoms with Crippen molar-refractivity contribution in [1.29, 1.82) is 0 Å². The van der Waals surface area contributed by atoms with Crippen LogP contribution in [0.25, 0.3) is 11.5 Å². The summed E-state index contributed by atoms with van der Waals surface area (Å²) >= 11 is 0. The Balaban J connectivity index is 2.38. The SMILES string of the molecule is COc1cc(-c2nc(C(C)C)no2)cnc1C. The molecule has 0 N–H and O–H groups in total. The summed E-state index contributed by atoms with van der Waals surface area (Å²) in [6, 6.07) is 1.85. The molecule has 0 radical (unpaired) electrons. The van der Waals surface area contributed by atoms with Gasteiger partial charge < -0.3 is 9.26 Å². The zero-order valence-electron chi connectivity index (χ0n) is 10.4. The lowest BCUT2D eigenvalue weighted by molar-refractivity contribution is 0.406. The fourth-order valence-electron chi connectivity index (χ4n) is 1.42. The first-order chi connectivity index (χ1) is 8.11. The molecule has 0 spiro atoms. The van der Waals surface area contributed by atoms with Gasteiger partial charge in [-0.2, -0.15) is 4.98 Å². The summed E-state index contributed by atoms with van der Waals surface area (Å²) in [4.78, 5) is 8.54. The van der Waals surface area contributed by atoms with Crippen molar-refractivity contribution in [2.75, 3.05) is 7.11 Å². The highest BCUT2D eigenvalue weighted by Crippen LogP contribution is 2.24. The number of ether oxygens (including phenoxy) is 1. The fourth-order valence-corrected chi connectivity index (χ4v) is 1.42. The van der Waals surface area contributed by atoms with E-state index in [4.69, 9.17) is 9.26 Å². The molecule has 0 amide bonds. The largest absolute Gasteiger partial charge is 0.495 e. The summed E-state index contributed by atoms with van der Waals surface area (Å²) in [7, 11) is 1.61. The van der Waals surface area contributed by atoms with E-state index in [9.17, 15) is 0 Å². The summed E-state index contributed by atoms with van der Waals surface area (Å²) in [5.74, 6) is 2.12. The van der Waals surface area contributed by atoms with Gasteiger partial charge in [-0.15, -0.1) is 0 Å². The number of rotatable bonds is 3. The Kier molecular flexibility index (Phi) is 3.08. The van der Waals surface area contributed by atoms with E-state index in [0.717, 1.165) is 11.3 Å². The number of nitrogens with zero attached hydrogens (tertiary/aromatic N) is 3. The molecule has 2 heterocycles. The monoisotopic (exact) mass is 233 g/mol. The molecule has 0 aliphatic heterocycles.